The molecule has 0 fully saturated rings. The normalized spacial score (nSPS) is 13.5. The van der Waals surface area contributed by atoms with Crippen molar-refractivity contribution in [1.82, 2.24) is 5.32 Å². The van der Waals surface area contributed by atoms with E-state index in [1.54, 1.807) is 0 Å². The molecule has 0 aromatic heterocycles. The Kier molecular flexibility index (Phi) is 9.49. The number of hydrogen-bond donors (Lipinski definition) is 1. The molecule has 1 N–H and O–H groups in total. The molecule has 1 nitrogen and oxygen atoms in total. The van der Waals surface area contributed by atoms with Crippen molar-refractivity contribution in [2.45, 2.75) is 72.3 Å². The SMILES string of the molecule is CCCCC(CC(CC)CC)NCC. The molecule has 86 valence electrons. The van der Waals surface area contributed by atoms with Crippen molar-refractivity contribution in [2.24, 2.45) is 5.92 Å². The summed E-state index contributed by atoms with van der Waals surface area (Å²) in [4.78, 5) is 0. The van der Waals surface area contributed by atoms with Gasteiger partial charge in [-0.2, -0.15) is 0 Å². The zero-order valence-electron chi connectivity index (χ0n) is 10.6. The summed E-state index contributed by atoms with van der Waals surface area (Å²) < 4.78 is 0. The molecule has 14 heavy (non-hydrogen) atoms. The molecule has 0 radical (unpaired) electrons. The van der Waals surface area contributed by atoms with Gasteiger partial charge in [0.15, 0.2) is 0 Å². The van der Waals surface area contributed by atoms with Gasteiger partial charge >= 0.3 is 0 Å². The van der Waals surface area contributed by atoms with E-state index in [0.29, 0.717) is 0 Å². The standard InChI is InChI=1S/C13H29N/c1-5-9-10-13(14-8-4)11-12(6-2)7-3/h12-14H,5-11H2,1-4H3. The summed E-state index contributed by atoms with van der Waals surface area (Å²) in [5, 5.41) is 3.62. The van der Waals surface area contributed by atoms with E-state index in [1.165, 1.54) is 38.5 Å². The van der Waals surface area contributed by atoms with E-state index in [2.05, 4.69) is 33.0 Å². The minimum absolute atomic E-state index is 0.768. The third-order valence-electron chi connectivity index (χ3n) is 3.17. The molecule has 0 amide bonds. The summed E-state index contributed by atoms with van der Waals surface area (Å²) in [7, 11) is 0. The highest BCUT2D eigenvalue weighted by Gasteiger charge is 2.12. The molecule has 0 aliphatic heterocycles. The molecule has 0 heterocycles. The maximum Gasteiger partial charge on any atom is 0.00695 e. The Hall–Kier alpha value is -0.0400. The molecular weight excluding hydrogens is 170 g/mol. The topological polar surface area (TPSA) is 12.0 Å². The van der Waals surface area contributed by atoms with Gasteiger partial charge in [0.1, 0.15) is 0 Å². The van der Waals surface area contributed by atoms with E-state index in [0.717, 1.165) is 18.5 Å². The third-order valence-corrected chi connectivity index (χ3v) is 3.17. The molecule has 0 saturated heterocycles. The first-order valence-corrected chi connectivity index (χ1v) is 6.51. The molecule has 0 rings (SSSR count). The average Bonchev–Trinajstić information content (AvgIpc) is 2.22. The molecule has 0 bridgehead atoms. The van der Waals surface area contributed by atoms with Crippen molar-refractivity contribution in [1.29, 1.82) is 0 Å². The van der Waals surface area contributed by atoms with Gasteiger partial charge in [0.05, 0.1) is 0 Å². The first-order valence-electron chi connectivity index (χ1n) is 6.51. The van der Waals surface area contributed by atoms with Gasteiger partial charge in [0.2, 0.25) is 0 Å². The molecular formula is C13H29N. The Morgan fingerprint density at radius 3 is 2.07 bits per heavy atom. The highest BCUT2D eigenvalue weighted by atomic mass is 14.9. The summed E-state index contributed by atoms with van der Waals surface area (Å²) >= 11 is 0. The van der Waals surface area contributed by atoms with Crippen LogP contribution in [0.2, 0.25) is 0 Å². The second-order valence-corrected chi connectivity index (χ2v) is 4.32. The van der Waals surface area contributed by atoms with Gasteiger partial charge in [-0.05, 0) is 25.3 Å². The van der Waals surface area contributed by atoms with E-state index < -0.39 is 0 Å². The fourth-order valence-electron chi connectivity index (χ4n) is 2.07. The van der Waals surface area contributed by atoms with E-state index in [1.807, 2.05) is 0 Å². The fourth-order valence-corrected chi connectivity index (χ4v) is 2.07. The van der Waals surface area contributed by atoms with E-state index >= 15 is 0 Å². The van der Waals surface area contributed by atoms with Crippen LogP contribution in [0.15, 0.2) is 0 Å². The largest absolute Gasteiger partial charge is 0.314 e. The molecule has 0 aromatic rings. The summed E-state index contributed by atoms with van der Waals surface area (Å²) in [6.07, 6.45) is 8.11. The summed E-state index contributed by atoms with van der Waals surface area (Å²) in [5.41, 5.74) is 0. The van der Waals surface area contributed by atoms with Crippen LogP contribution >= 0.6 is 0 Å². The van der Waals surface area contributed by atoms with Crippen LogP contribution in [0.5, 0.6) is 0 Å². The lowest BCUT2D eigenvalue weighted by Gasteiger charge is -2.22. The van der Waals surface area contributed by atoms with Crippen molar-refractivity contribution in [3.05, 3.63) is 0 Å². The van der Waals surface area contributed by atoms with Crippen LogP contribution in [-0.4, -0.2) is 12.6 Å². The van der Waals surface area contributed by atoms with Gasteiger partial charge in [0.25, 0.3) is 0 Å². The second kappa shape index (κ2) is 9.51. The van der Waals surface area contributed by atoms with Crippen molar-refractivity contribution >= 4 is 0 Å². The monoisotopic (exact) mass is 199 g/mol. The third kappa shape index (κ3) is 6.42. The maximum absolute atomic E-state index is 3.62. The first-order chi connectivity index (χ1) is 6.78. The molecule has 0 aliphatic carbocycles. The predicted molar refractivity (Wildman–Crippen MR) is 65.7 cm³/mol. The van der Waals surface area contributed by atoms with E-state index in [9.17, 15) is 0 Å². The summed E-state index contributed by atoms with van der Waals surface area (Å²) in [6.45, 7) is 10.2. The lowest BCUT2D eigenvalue weighted by molar-refractivity contribution is 0.350. The van der Waals surface area contributed by atoms with E-state index in [-0.39, 0.29) is 0 Å². The van der Waals surface area contributed by atoms with Crippen LogP contribution in [0, 0.1) is 5.92 Å². The van der Waals surface area contributed by atoms with Gasteiger partial charge in [-0.3, -0.25) is 0 Å². The molecule has 0 aliphatic rings. The molecule has 0 saturated carbocycles. The van der Waals surface area contributed by atoms with Crippen LogP contribution in [0.4, 0.5) is 0 Å². The predicted octanol–water partition coefficient (Wildman–Crippen LogP) is 3.98. The Morgan fingerprint density at radius 2 is 1.64 bits per heavy atom. The van der Waals surface area contributed by atoms with Gasteiger partial charge in [-0.15, -0.1) is 0 Å². The maximum atomic E-state index is 3.62. The molecule has 0 spiro atoms. The number of nitrogens with one attached hydrogen (secondary N) is 1. The van der Waals surface area contributed by atoms with Crippen LogP contribution in [0.1, 0.15) is 66.2 Å². The Morgan fingerprint density at radius 1 is 1.00 bits per heavy atom. The second-order valence-electron chi connectivity index (χ2n) is 4.32. The zero-order valence-corrected chi connectivity index (χ0v) is 10.6. The molecule has 0 aromatic carbocycles. The van der Waals surface area contributed by atoms with Gasteiger partial charge in [-0.1, -0.05) is 53.4 Å². The minimum atomic E-state index is 0.768. The van der Waals surface area contributed by atoms with Crippen molar-refractivity contribution in [3.8, 4) is 0 Å². The molecule has 1 atom stereocenters. The average molecular weight is 199 g/mol. The smallest absolute Gasteiger partial charge is 0.00695 e. The van der Waals surface area contributed by atoms with Crippen molar-refractivity contribution in [3.63, 3.8) is 0 Å². The minimum Gasteiger partial charge on any atom is -0.314 e. The Labute approximate surface area is 90.7 Å². The van der Waals surface area contributed by atoms with Gasteiger partial charge in [-0.25, -0.2) is 0 Å². The quantitative estimate of drug-likeness (QED) is 0.592. The van der Waals surface area contributed by atoms with Gasteiger partial charge in [0, 0.05) is 6.04 Å². The van der Waals surface area contributed by atoms with Crippen LogP contribution in [0.3, 0.4) is 0 Å². The first kappa shape index (κ1) is 14.0. The highest BCUT2D eigenvalue weighted by molar-refractivity contribution is 4.70. The van der Waals surface area contributed by atoms with Crippen LogP contribution < -0.4 is 5.32 Å². The molecule has 1 unspecified atom stereocenters. The number of unbranched alkanes of at least 4 members (excludes halogenated alkanes) is 1. The van der Waals surface area contributed by atoms with Crippen LogP contribution in [0.25, 0.3) is 0 Å². The van der Waals surface area contributed by atoms with Gasteiger partial charge < -0.3 is 5.32 Å². The van der Waals surface area contributed by atoms with E-state index in [4.69, 9.17) is 0 Å². The molecule has 1 heteroatoms. The lowest BCUT2D eigenvalue weighted by atomic mass is 9.92. The number of hydrogen-bond acceptors (Lipinski definition) is 1. The van der Waals surface area contributed by atoms with Crippen molar-refractivity contribution in [2.75, 3.05) is 6.54 Å². The summed E-state index contributed by atoms with van der Waals surface area (Å²) in [5.74, 6) is 0.927. The zero-order chi connectivity index (χ0) is 10.8. The van der Waals surface area contributed by atoms with Crippen molar-refractivity contribution < 1.29 is 0 Å². The fraction of sp³-hybridized carbons (Fsp3) is 1.00. The lowest BCUT2D eigenvalue weighted by Crippen LogP contribution is -2.30. The Balaban J connectivity index is 3.80. The summed E-state index contributed by atoms with van der Waals surface area (Å²) in [6, 6.07) is 0.768. The number of rotatable bonds is 9. The van der Waals surface area contributed by atoms with Crippen LogP contribution in [-0.2, 0) is 0 Å². The highest BCUT2D eigenvalue weighted by Crippen LogP contribution is 2.17. The Bertz CT molecular complexity index is 108.